The van der Waals surface area contributed by atoms with Crippen LogP contribution in [0.3, 0.4) is 0 Å². The van der Waals surface area contributed by atoms with Crippen LogP contribution in [0.1, 0.15) is 12.5 Å². The van der Waals surface area contributed by atoms with Crippen LogP contribution in [0, 0.1) is 0 Å². The van der Waals surface area contributed by atoms with Crippen LogP contribution in [0.4, 0.5) is 0 Å². The quantitative estimate of drug-likeness (QED) is 0.853. The molecule has 0 radical (unpaired) electrons. The van der Waals surface area contributed by atoms with Crippen LogP contribution in [0.25, 0.3) is 0 Å². The van der Waals surface area contributed by atoms with Crippen LogP contribution in [0.5, 0.6) is 5.75 Å². The first-order valence-electron chi connectivity index (χ1n) is 3.89. The molecule has 0 aliphatic carbocycles. The minimum absolute atomic E-state index is 0. The SMILES string of the molecule is CCOc1c(Cl)cccc1CN.Cl. The third-order valence-corrected chi connectivity index (χ3v) is 1.85. The third kappa shape index (κ3) is 3.07. The van der Waals surface area contributed by atoms with Crippen molar-refractivity contribution >= 4 is 24.0 Å². The van der Waals surface area contributed by atoms with Gasteiger partial charge in [-0.15, -0.1) is 12.4 Å². The zero-order valence-electron chi connectivity index (χ0n) is 7.42. The number of halogens is 2. The van der Waals surface area contributed by atoms with E-state index in [0.29, 0.717) is 23.9 Å². The lowest BCUT2D eigenvalue weighted by Gasteiger charge is -2.09. The van der Waals surface area contributed by atoms with Crippen LogP contribution in [-0.2, 0) is 6.54 Å². The van der Waals surface area contributed by atoms with Gasteiger partial charge in [0.1, 0.15) is 5.75 Å². The maximum absolute atomic E-state index is 5.91. The highest BCUT2D eigenvalue weighted by Crippen LogP contribution is 2.27. The Labute approximate surface area is 89.4 Å². The molecule has 0 amide bonds. The molecule has 0 unspecified atom stereocenters. The predicted octanol–water partition coefficient (Wildman–Crippen LogP) is 2.62. The van der Waals surface area contributed by atoms with Crippen molar-refractivity contribution in [1.29, 1.82) is 0 Å². The van der Waals surface area contributed by atoms with Crippen LogP contribution >= 0.6 is 24.0 Å². The van der Waals surface area contributed by atoms with E-state index < -0.39 is 0 Å². The average Bonchev–Trinajstić information content (AvgIpc) is 2.09. The van der Waals surface area contributed by atoms with E-state index in [-0.39, 0.29) is 12.4 Å². The predicted molar refractivity (Wildman–Crippen MR) is 57.8 cm³/mol. The molecule has 0 saturated carbocycles. The highest BCUT2D eigenvalue weighted by Gasteiger charge is 2.05. The number of para-hydroxylation sites is 1. The van der Waals surface area contributed by atoms with Gasteiger partial charge in [0.2, 0.25) is 0 Å². The molecule has 2 nitrogen and oxygen atoms in total. The second kappa shape index (κ2) is 6.08. The number of nitrogens with two attached hydrogens (primary N) is 1. The van der Waals surface area contributed by atoms with Gasteiger partial charge < -0.3 is 10.5 Å². The van der Waals surface area contributed by atoms with Crippen molar-refractivity contribution in [2.24, 2.45) is 5.73 Å². The summed E-state index contributed by atoms with van der Waals surface area (Å²) in [5, 5.41) is 0.625. The Morgan fingerprint density at radius 1 is 1.46 bits per heavy atom. The van der Waals surface area contributed by atoms with Gasteiger partial charge >= 0.3 is 0 Å². The number of ether oxygens (including phenoxy) is 1. The van der Waals surface area contributed by atoms with E-state index in [4.69, 9.17) is 22.1 Å². The molecule has 2 N–H and O–H groups in total. The summed E-state index contributed by atoms with van der Waals surface area (Å²) < 4.78 is 5.35. The lowest BCUT2D eigenvalue weighted by atomic mass is 10.2. The molecule has 4 heteroatoms. The van der Waals surface area contributed by atoms with Crippen LogP contribution in [0.15, 0.2) is 18.2 Å². The molecule has 0 atom stereocenters. The molecule has 1 rings (SSSR count). The smallest absolute Gasteiger partial charge is 0.142 e. The molecule has 0 aliphatic rings. The number of rotatable bonds is 3. The summed E-state index contributed by atoms with van der Waals surface area (Å²) in [6.07, 6.45) is 0. The van der Waals surface area contributed by atoms with Crippen molar-refractivity contribution in [3.05, 3.63) is 28.8 Å². The first-order valence-corrected chi connectivity index (χ1v) is 4.27. The highest BCUT2D eigenvalue weighted by molar-refractivity contribution is 6.32. The van der Waals surface area contributed by atoms with E-state index in [1.807, 2.05) is 19.1 Å². The third-order valence-electron chi connectivity index (χ3n) is 1.56. The van der Waals surface area contributed by atoms with Crippen molar-refractivity contribution in [1.82, 2.24) is 0 Å². The van der Waals surface area contributed by atoms with Crippen LogP contribution < -0.4 is 10.5 Å². The standard InChI is InChI=1S/C9H12ClNO.ClH/c1-2-12-9-7(6-11)4-3-5-8(9)10;/h3-5H,2,6,11H2,1H3;1H. The minimum atomic E-state index is 0. The lowest BCUT2D eigenvalue weighted by Crippen LogP contribution is -2.02. The van der Waals surface area contributed by atoms with E-state index in [1.54, 1.807) is 6.07 Å². The van der Waals surface area contributed by atoms with Gasteiger partial charge in [-0.3, -0.25) is 0 Å². The highest BCUT2D eigenvalue weighted by atomic mass is 35.5. The molecule has 0 fully saturated rings. The summed E-state index contributed by atoms with van der Waals surface area (Å²) in [4.78, 5) is 0. The van der Waals surface area contributed by atoms with Gasteiger partial charge in [0.05, 0.1) is 11.6 Å². The summed E-state index contributed by atoms with van der Waals surface area (Å²) in [7, 11) is 0. The molecular weight excluding hydrogens is 209 g/mol. The van der Waals surface area contributed by atoms with Gasteiger partial charge in [-0.2, -0.15) is 0 Å². The number of hydrogen-bond acceptors (Lipinski definition) is 2. The van der Waals surface area contributed by atoms with E-state index in [9.17, 15) is 0 Å². The van der Waals surface area contributed by atoms with Gasteiger partial charge in [-0.25, -0.2) is 0 Å². The largest absolute Gasteiger partial charge is 0.492 e. The Hall–Kier alpha value is -0.440. The molecule has 0 aliphatic heterocycles. The Balaban J connectivity index is 0.00000144. The lowest BCUT2D eigenvalue weighted by molar-refractivity contribution is 0.337. The van der Waals surface area contributed by atoms with Crippen molar-refractivity contribution in [2.45, 2.75) is 13.5 Å². The molecule has 0 bridgehead atoms. The minimum Gasteiger partial charge on any atom is -0.492 e. The molecule has 0 heterocycles. The Morgan fingerprint density at radius 3 is 2.69 bits per heavy atom. The molecule has 0 aromatic heterocycles. The van der Waals surface area contributed by atoms with Gasteiger partial charge in [0.25, 0.3) is 0 Å². The maximum atomic E-state index is 5.91. The fraction of sp³-hybridized carbons (Fsp3) is 0.333. The maximum Gasteiger partial charge on any atom is 0.142 e. The molecule has 1 aromatic carbocycles. The zero-order chi connectivity index (χ0) is 8.97. The average molecular weight is 222 g/mol. The second-order valence-electron chi connectivity index (χ2n) is 2.37. The van der Waals surface area contributed by atoms with E-state index >= 15 is 0 Å². The Bertz CT molecular complexity index is 266. The molecule has 74 valence electrons. The molecule has 1 aromatic rings. The molecule has 0 saturated heterocycles. The molecular formula is C9H13Cl2NO. The van der Waals surface area contributed by atoms with Crippen molar-refractivity contribution in [2.75, 3.05) is 6.61 Å². The van der Waals surface area contributed by atoms with Crippen molar-refractivity contribution in [3.8, 4) is 5.75 Å². The summed E-state index contributed by atoms with van der Waals surface area (Å²) in [6.45, 7) is 2.98. The van der Waals surface area contributed by atoms with Crippen LogP contribution in [0.2, 0.25) is 5.02 Å². The number of hydrogen-bond donors (Lipinski definition) is 1. The van der Waals surface area contributed by atoms with Crippen molar-refractivity contribution < 1.29 is 4.74 Å². The summed E-state index contributed by atoms with van der Waals surface area (Å²) in [5.74, 6) is 0.712. The van der Waals surface area contributed by atoms with Gasteiger partial charge in [0.15, 0.2) is 0 Å². The van der Waals surface area contributed by atoms with E-state index in [2.05, 4.69) is 0 Å². The molecule has 13 heavy (non-hydrogen) atoms. The summed E-state index contributed by atoms with van der Waals surface area (Å²) >= 11 is 5.91. The van der Waals surface area contributed by atoms with Crippen LogP contribution in [-0.4, -0.2) is 6.61 Å². The second-order valence-corrected chi connectivity index (χ2v) is 2.77. The van der Waals surface area contributed by atoms with E-state index in [1.165, 1.54) is 0 Å². The fourth-order valence-corrected chi connectivity index (χ4v) is 1.27. The van der Waals surface area contributed by atoms with Gasteiger partial charge in [-0.1, -0.05) is 23.7 Å². The van der Waals surface area contributed by atoms with Gasteiger partial charge in [-0.05, 0) is 13.0 Å². The molecule has 0 spiro atoms. The normalized spacial score (nSPS) is 9.15. The van der Waals surface area contributed by atoms with Gasteiger partial charge in [0, 0.05) is 12.1 Å². The number of benzene rings is 1. The Morgan fingerprint density at radius 2 is 2.15 bits per heavy atom. The van der Waals surface area contributed by atoms with Crippen molar-refractivity contribution in [3.63, 3.8) is 0 Å². The fourth-order valence-electron chi connectivity index (χ4n) is 1.02. The Kier molecular flexibility index (Phi) is 5.88. The topological polar surface area (TPSA) is 35.2 Å². The van der Waals surface area contributed by atoms with E-state index in [0.717, 1.165) is 5.56 Å². The first-order chi connectivity index (χ1) is 5.79. The summed E-state index contributed by atoms with van der Waals surface area (Å²) in [6, 6.07) is 5.58. The zero-order valence-corrected chi connectivity index (χ0v) is 8.99. The monoisotopic (exact) mass is 221 g/mol. The summed E-state index contributed by atoms with van der Waals surface area (Å²) in [5.41, 5.74) is 6.46. The first kappa shape index (κ1) is 12.6.